The molecule has 32 heavy (non-hydrogen) atoms. The van der Waals surface area contributed by atoms with E-state index in [0.717, 1.165) is 36.1 Å². The Bertz CT molecular complexity index is 1130. The van der Waals surface area contributed by atoms with E-state index in [1.165, 1.54) is 11.1 Å². The Morgan fingerprint density at radius 1 is 1.12 bits per heavy atom. The number of hydrogen-bond acceptors (Lipinski definition) is 3. The molecule has 4 rings (SSSR count). The summed E-state index contributed by atoms with van der Waals surface area (Å²) in [7, 11) is 2.03. The summed E-state index contributed by atoms with van der Waals surface area (Å²) < 4.78 is 2.06. The molecule has 0 bridgehead atoms. The molecule has 0 fully saturated rings. The van der Waals surface area contributed by atoms with Crippen molar-refractivity contribution in [2.24, 2.45) is 4.99 Å². The maximum absolute atomic E-state index is 4.85. The van der Waals surface area contributed by atoms with Crippen LogP contribution in [0, 0.1) is 0 Å². The summed E-state index contributed by atoms with van der Waals surface area (Å²) in [4.78, 5) is 19.0. The van der Waals surface area contributed by atoms with Gasteiger partial charge < -0.3 is 19.8 Å². The molecule has 2 aromatic carbocycles. The Morgan fingerprint density at radius 2 is 1.97 bits per heavy atom. The van der Waals surface area contributed by atoms with Gasteiger partial charge in [-0.1, -0.05) is 54.6 Å². The van der Waals surface area contributed by atoms with Crippen LogP contribution in [0.3, 0.4) is 0 Å². The standard InChI is InChI=1S/C25H29N7/c1-3-27-25(29-15-20-8-7-9-21(14-20)17-32-13-12-26-19-32)31(2)18-24-28-16-23(30-24)22-10-5-4-6-11-22/h4-14,16,19H,3,15,17-18H2,1-2H3,(H,27,29)(H,28,30). The zero-order valence-electron chi connectivity index (χ0n) is 18.6. The van der Waals surface area contributed by atoms with Crippen LogP contribution >= 0.6 is 0 Å². The van der Waals surface area contributed by atoms with Gasteiger partial charge in [0.1, 0.15) is 5.82 Å². The Labute approximate surface area is 188 Å². The van der Waals surface area contributed by atoms with Crippen molar-refractivity contribution < 1.29 is 0 Å². The number of benzene rings is 2. The maximum atomic E-state index is 4.85. The summed E-state index contributed by atoms with van der Waals surface area (Å²) in [6, 6.07) is 18.8. The third kappa shape index (κ3) is 5.63. The summed E-state index contributed by atoms with van der Waals surface area (Å²) in [5.41, 5.74) is 4.56. The lowest BCUT2D eigenvalue weighted by molar-refractivity contribution is 0.464. The molecule has 7 nitrogen and oxygen atoms in total. The second-order valence-electron chi connectivity index (χ2n) is 7.69. The van der Waals surface area contributed by atoms with Crippen LogP contribution in [-0.2, 0) is 19.6 Å². The van der Waals surface area contributed by atoms with Gasteiger partial charge in [-0.25, -0.2) is 15.0 Å². The minimum absolute atomic E-state index is 0.609. The van der Waals surface area contributed by atoms with E-state index in [-0.39, 0.29) is 0 Å². The van der Waals surface area contributed by atoms with Gasteiger partial charge in [-0.3, -0.25) is 0 Å². The van der Waals surface area contributed by atoms with Crippen molar-refractivity contribution in [3.05, 3.63) is 96.5 Å². The van der Waals surface area contributed by atoms with E-state index in [9.17, 15) is 0 Å². The first-order valence-corrected chi connectivity index (χ1v) is 10.8. The molecule has 0 saturated carbocycles. The normalized spacial score (nSPS) is 11.5. The highest BCUT2D eigenvalue weighted by Crippen LogP contribution is 2.16. The molecule has 0 atom stereocenters. The van der Waals surface area contributed by atoms with Gasteiger partial charge in [0.15, 0.2) is 5.96 Å². The van der Waals surface area contributed by atoms with Crippen LogP contribution in [-0.4, -0.2) is 44.0 Å². The van der Waals surface area contributed by atoms with Crippen LogP contribution in [0.15, 0.2) is 84.5 Å². The van der Waals surface area contributed by atoms with Crippen molar-refractivity contribution in [1.82, 2.24) is 29.7 Å². The highest BCUT2D eigenvalue weighted by atomic mass is 15.3. The molecule has 7 heteroatoms. The molecule has 0 amide bonds. The van der Waals surface area contributed by atoms with Crippen molar-refractivity contribution in [3.8, 4) is 11.3 Å². The lowest BCUT2D eigenvalue weighted by Gasteiger charge is -2.21. The molecule has 0 saturated heterocycles. The number of guanidine groups is 1. The monoisotopic (exact) mass is 427 g/mol. The minimum atomic E-state index is 0.609. The minimum Gasteiger partial charge on any atom is -0.357 e. The summed E-state index contributed by atoms with van der Waals surface area (Å²) in [6.45, 7) is 4.93. The van der Waals surface area contributed by atoms with Gasteiger partial charge >= 0.3 is 0 Å². The van der Waals surface area contributed by atoms with Gasteiger partial charge in [0.05, 0.1) is 31.3 Å². The van der Waals surface area contributed by atoms with Crippen molar-refractivity contribution in [2.45, 2.75) is 26.6 Å². The van der Waals surface area contributed by atoms with Gasteiger partial charge in [0, 0.05) is 32.5 Å². The van der Waals surface area contributed by atoms with Crippen molar-refractivity contribution >= 4 is 5.96 Å². The van der Waals surface area contributed by atoms with E-state index in [2.05, 4.69) is 73.1 Å². The summed E-state index contributed by atoms with van der Waals surface area (Å²) >= 11 is 0. The van der Waals surface area contributed by atoms with Crippen LogP contribution in [0.1, 0.15) is 23.9 Å². The van der Waals surface area contributed by atoms with Gasteiger partial charge in [0.25, 0.3) is 0 Å². The third-order valence-corrected chi connectivity index (χ3v) is 5.12. The molecule has 0 aliphatic rings. The first-order chi connectivity index (χ1) is 15.7. The molecule has 0 spiro atoms. The fraction of sp³-hybridized carbons (Fsp3) is 0.240. The number of aromatic nitrogens is 4. The van der Waals surface area contributed by atoms with Crippen LogP contribution in [0.4, 0.5) is 0 Å². The Balaban J connectivity index is 1.42. The molecule has 164 valence electrons. The van der Waals surface area contributed by atoms with Gasteiger partial charge in [-0.15, -0.1) is 0 Å². The van der Waals surface area contributed by atoms with Crippen LogP contribution in [0.25, 0.3) is 11.3 Å². The largest absolute Gasteiger partial charge is 0.357 e. The first kappa shape index (κ1) is 21.4. The fourth-order valence-electron chi connectivity index (χ4n) is 3.56. The van der Waals surface area contributed by atoms with Crippen molar-refractivity contribution in [1.29, 1.82) is 0 Å². The molecule has 0 aliphatic heterocycles. The SMILES string of the molecule is CCNC(=NCc1cccc(Cn2ccnc2)c1)N(C)Cc1ncc(-c2ccccc2)[nH]1. The molecule has 2 N–H and O–H groups in total. The number of H-pyrrole nitrogens is 1. The van der Waals surface area contributed by atoms with Gasteiger partial charge in [-0.05, 0) is 23.6 Å². The van der Waals surface area contributed by atoms with E-state index in [1.54, 1.807) is 6.20 Å². The molecule has 2 heterocycles. The van der Waals surface area contributed by atoms with E-state index >= 15 is 0 Å². The van der Waals surface area contributed by atoms with Gasteiger partial charge in [-0.2, -0.15) is 0 Å². The van der Waals surface area contributed by atoms with E-state index in [4.69, 9.17) is 4.99 Å². The average Bonchev–Trinajstić information content (AvgIpc) is 3.50. The van der Waals surface area contributed by atoms with Crippen LogP contribution in [0.5, 0.6) is 0 Å². The number of hydrogen-bond donors (Lipinski definition) is 2. The van der Waals surface area contributed by atoms with E-state index in [0.29, 0.717) is 13.1 Å². The summed E-state index contributed by atoms with van der Waals surface area (Å²) in [5, 5.41) is 3.38. The second kappa shape index (κ2) is 10.4. The molecular formula is C25H29N7. The van der Waals surface area contributed by atoms with E-state index in [1.807, 2.05) is 44.0 Å². The number of rotatable bonds is 8. The summed E-state index contributed by atoms with van der Waals surface area (Å²) in [5.74, 6) is 1.75. The molecule has 0 radical (unpaired) electrons. The highest BCUT2D eigenvalue weighted by molar-refractivity contribution is 5.79. The zero-order chi connectivity index (χ0) is 22.2. The number of aromatic amines is 1. The van der Waals surface area contributed by atoms with Gasteiger partial charge in [0.2, 0.25) is 0 Å². The highest BCUT2D eigenvalue weighted by Gasteiger charge is 2.10. The predicted molar refractivity (Wildman–Crippen MR) is 128 cm³/mol. The lowest BCUT2D eigenvalue weighted by Crippen LogP contribution is -2.38. The molecule has 0 unspecified atom stereocenters. The fourth-order valence-corrected chi connectivity index (χ4v) is 3.56. The molecule has 4 aromatic rings. The zero-order valence-corrected chi connectivity index (χ0v) is 18.6. The number of aliphatic imine (C=N–C) groups is 1. The quantitative estimate of drug-likeness (QED) is 0.330. The third-order valence-electron chi connectivity index (χ3n) is 5.12. The lowest BCUT2D eigenvalue weighted by atomic mass is 10.1. The molecular weight excluding hydrogens is 398 g/mol. The van der Waals surface area contributed by atoms with E-state index < -0.39 is 0 Å². The number of nitrogens with one attached hydrogen (secondary N) is 2. The second-order valence-corrected chi connectivity index (χ2v) is 7.69. The molecule has 2 aromatic heterocycles. The average molecular weight is 428 g/mol. The van der Waals surface area contributed by atoms with Crippen LogP contribution in [0.2, 0.25) is 0 Å². The predicted octanol–water partition coefficient (Wildman–Crippen LogP) is 3.92. The van der Waals surface area contributed by atoms with Crippen molar-refractivity contribution in [2.75, 3.05) is 13.6 Å². The number of imidazole rings is 2. The Kier molecular flexibility index (Phi) is 6.97. The smallest absolute Gasteiger partial charge is 0.194 e. The Morgan fingerprint density at radius 3 is 2.75 bits per heavy atom. The maximum Gasteiger partial charge on any atom is 0.194 e. The molecule has 0 aliphatic carbocycles. The Hall–Kier alpha value is -3.87. The van der Waals surface area contributed by atoms with Crippen molar-refractivity contribution in [3.63, 3.8) is 0 Å². The number of nitrogens with zero attached hydrogens (tertiary/aromatic N) is 5. The van der Waals surface area contributed by atoms with Crippen LogP contribution < -0.4 is 5.32 Å². The first-order valence-electron chi connectivity index (χ1n) is 10.8. The summed E-state index contributed by atoms with van der Waals surface area (Å²) in [6.07, 6.45) is 7.49. The topological polar surface area (TPSA) is 74.1 Å².